The van der Waals surface area contributed by atoms with Crippen LogP contribution in [-0.4, -0.2) is 39.2 Å². The average Bonchev–Trinajstić information content (AvgIpc) is 1.81. The van der Waals surface area contributed by atoms with E-state index in [1.54, 1.807) is 0 Å². The van der Waals surface area contributed by atoms with Crippen molar-refractivity contribution in [1.82, 2.24) is 0 Å². The molecule has 12 heteroatoms. The summed E-state index contributed by atoms with van der Waals surface area (Å²) in [6.07, 6.45) is 0. The molecule has 0 aromatic carbocycles. The van der Waals surface area contributed by atoms with E-state index in [0.717, 1.165) is 0 Å². The summed E-state index contributed by atoms with van der Waals surface area (Å²) in [7, 11) is -8.85. The van der Waals surface area contributed by atoms with Gasteiger partial charge >= 0.3 is 37.7 Å². The van der Waals surface area contributed by atoms with Crippen molar-refractivity contribution in [3.05, 3.63) is 0 Å². The molecule has 0 aliphatic heterocycles. The smallest absolute Gasteiger partial charge is 0.726 e. The Morgan fingerprint density at radius 2 is 1.00 bits per heavy atom. The van der Waals surface area contributed by atoms with Crippen LogP contribution in [0.25, 0.3) is 0 Å². The molecular weight excluding hydrogens is 254 g/mol. The summed E-state index contributed by atoms with van der Waals surface area (Å²) in [5.41, 5.74) is 0. The second-order valence-electron chi connectivity index (χ2n) is 1.63. The Labute approximate surface area is 119 Å². The Balaban J connectivity index is -0.0000000800. The van der Waals surface area contributed by atoms with Crippen LogP contribution in [0, 0.1) is 0 Å². The summed E-state index contributed by atoms with van der Waals surface area (Å²) in [4.78, 5) is 0. The fraction of sp³-hybridized carbons (Fsp3) is 1.00. The quantitative estimate of drug-likeness (QED) is 0.278. The summed E-state index contributed by atoms with van der Waals surface area (Å²) >= 11 is 0. The molecule has 0 heterocycles. The van der Waals surface area contributed by atoms with Crippen molar-refractivity contribution in [2.45, 2.75) is 13.8 Å². The molecule has 0 aliphatic rings. The van der Waals surface area contributed by atoms with Crippen molar-refractivity contribution in [3.8, 4) is 0 Å². The minimum absolute atomic E-state index is 0. The molecule has 0 fully saturated rings. The van der Waals surface area contributed by atoms with Gasteiger partial charge in [-0.05, 0) is 13.8 Å². The van der Waals surface area contributed by atoms with E-state index in [4.69, 9.17) is 0 Å². The van der Waals surface area contributed by atoms with Gasteiger partial charge in [0, 0.05) is 0 Å². The second kappa shape index (κ2) is 12.4. The normalized spacial score (nSPS) is 10.2. The molecule has 8 nitrogen and oxygen atoms in total. The molecule has 0 N–H and O–H groups in total. The summed E-state index contributed by atoms with van der Waals surface area (Å²) in [6.45, 7) is 2.67. The van der Waals surface area contributed by atoms with Crippen molar-refractivity contribution in [2.24, 2.45) is 0 Å². The van der Waals surface area contributed by atoms with Crippen LogP contribution in [0.15, 0.2) is 0 Å². The van der Waals surface area contributed by atoms with Gasteiger partial charge in [0.15, 0.2) is 0 Å². The number of hydrogen-bond donors (Lipinski definition) is 0. The van der Waals surface area contributed by atoms with Crippen molar-refractivity contribution >= 4 is 20.8 Å². The van der Waals surface area contributed by atoms with Crippen LogP contribution < -0.4 is 37.7 Å². The molecule has 16 heavy (non-hydrogen) atoms. The topological polar surface area (TPSA) is 133 Å². The molecule has 0 saturated carbocycles. The van der Waals surface area contributed by atoms with Gasteiger partial charge in [0.25, 0.3) is 0 Å². The Kier molecular flexibility index (Phi) is 19.9. The van der Waals surface area contributed by atoms with Crippen LogP contribution in [-0.2, 0) is 29.2 Å². The Morgan fingerprint density at radius 1 is 0.812 bits per heavy atom. The molecule has 0 atom stereocenters. The zero-order valence-corrected chi connectivity index (χ0v) is 11.1. The first kappa shape index (κ1) is 25.7. The zero-order chi connectivity index (χ0) is 11.8. The van der Waals surface area contributed by atoms with Gasteiger partial charge < -0.3 is 9.11 Å². The standard InChI is InChI=1S/2C2H6O4S.2Li/c2*1-2-6-7(3,4)5;;/h2*2H2,1H3,(H,3,4,5);;/q;;2*+1/p-2. The average molecular weight is 264 g/mol. The van der Waals surface area contributed by atoms with Gasteiger partial charge in [-0.15, -0.1) is 0 Å². The maximum absolute atomic E-state index is 9.45. The Bertz CT molecular complexity index is 288. The minimum Gasteiger partial charge on any atom is -0.726 e. The van der Waals surface area contributed by atoms with Gasteiger partial charge in [0.2, 0.25) is 20.8 Å². The molecule has 0 aliphatic carbocycles. The molecule has 0 rings (SSSR count). The van der Waals surface area contributed by atoms with Crippen molar-refractivity contribution in [2.75, 3.05) is 13.2 Å². The van der Waals surface area contributed by atoms with Gasteiger partial charge in [-0.2, -0.15) is 0 Å². The van der Waals surface area contributed by atoms with E-state index in [1.165, 1.54) is 13.8 Å². The summed E-state index contributed by atoms with van der Waals surface area (Å²) < 4.78 is 64.0. The first-order chi connectivity index (χ1) is 6.12. The van der Waals surface area contributed by atoms with Gasteiger partial charge in [0.05, 0.1) is 13.2 Å². The summed E-state index contributed by atoms with van der Waals surface area (Å²) in [5, 5.41) is 0. The predicted molar refractivity (Wildman–Crippen MR) is 42.6 cm³/mol. The summed E-state index contributed by atoms with van der Waals surface area (Å²) in [6, 6.07) is 0. The van der Waals surface area contributed by atoms with Gasteiger partial charge in [-0.3, -0.25) is 8.37 Å². The SMILES string of the molecule is CCOS(=O)(=O)[O-].CCOS(=O)(=O)[O-].[Li+].[Li+]. The van der Waals surface area contributed by atoms with Gasteiger partial charge in [0.1, 0.15) is 0 Å². The van der Waals surface area contributed by atoms with E-state index < -0.39 is 20.8 Å². The fourth-order valence-electron chi connectivity index (χ4n) is 0.289. The maximum Gasteiger partial charge on any atom is 1.00 e. The molecule has 0 unspecified atom stereocenters. The molecular formula is C4H10Li2O8S2. The fourth-order valence-corrected chi connectivity index (χ4v) is 0.866. The maximum atomic E-state index is 9.45. The van der Waals surface area contributed by atoms with Crippen LogP contribution in [0.5, 0.6) is 0 Å². The van der Waals surface area contributed by atoms with E-state index in [0.29, 0.717) is 0 Å². The Hall–Kier alpha value is 0.935. The van der Waals surface area contributed by atoms with Crippen LogP contribution >= 0.6 is 0 Å². The van der Waals surface area contributed by atoms with Crippen LogP contribution in [0.4, 0.5) is 0 Å². The molecule has 0 spiro atoms. The van der Waals surface area contributed by atoms with Crippen LogP contribution in [0.3, 0.4) is 0 Å². The van der Waals surface area contributed by atoms with Crippen molar-refractivity contribution < 1.29 is 72.0 Å². The van der Waals surface area contributed by atoms with E-state index in [2.05, 4.69) is 8.37 Å². The molecule has 0 amide bonds. The van der Waals surface area contributed by atoms with E-state index in [-0.39, 0.29) is 50.9 Å². The minimum atomic E-state index is -4.42. The monoisotopic (exact) mass is 264 g/mol. The second-order valence-corrected chi connectivity index (χ2v) is 3.73. The van der Waals surface area contributed by atoms with E-state index in [9.17, 15) is 25.9 Å². The summed E-state index contributed by atoms with van der Waals surface area (Å²) in [5.74, 6) is 0. The first-order valence-electron chi connectivity index (χ1n) is 3.32. The predicted octanol–water partition coefficient (Wildman–Crippen LogP) is -7.03. The third kappa shape index (κ3) is 36.3. The van der Waals surface area contributed by atoms with Crippen LogP contribution in [0.2, 0.25) is 0 Å². The zero-order valence-electron chi connectivity index (χ0n) is 9.50. The van der Waals surface area contributed by atoms with Gasteiger partial charge in [-0.1, -0.05) is 0 Å². The van der Waals surface area contributed by atoms with Crippen molar-refractivity contribution in [3.63, 3.8) is 0 Å². The van der Waals surface area contributed by atoms with E-state index >= 15 is 0 Å². The molecule has 0 saturated heterocycles. The van der Waals surface area contributed by atoms with Crippen molar-refractivity contribution in [1.29, 1.82) is 0 Å². The largest absolute Gasteiger partial charge is 1.00 e. The van der Waals surface area contributed by atoms with Gasteiger partial charge in [-0.25, -0.2) is 16.8 Å². The molecule has 88 valence electrons. The Morgan fingerprint density at radius 3 is 1.00 bits per heavy atom. The molecule has 0 aromatic heterocycles. The molecule has 0 radical (unpaired) electrons. The number of rotatable bonds is 4. The third-order valence-electron chi connectivity index (χ3n) is 0.524. The third-order valence-corrected chi connectivity index (χ3v) is 1.57. The molecule has 0 bridgehead atoms. The number of hydrogen-bond acceptors (Lipinski definition) is 8. The first-order valence-corrected chi connectivity index (χ1v) is 5.99. The molecule has 0 aromatic rings. The van der Waals surface area contributed by atoms with E-state index in [1.807, 2.05) is 0 Å². The van der Waals surface area contributed by atoms with Crippen LogP contribution in [0.1, 0.15) is 13.8 Å².